The minimum absolute atomic E-state index is 0.126. The fourth-order valence-corrected chi connectivity index (χ4v) is 5.48. The van der Waals surface area contributed by atoms with Gasteiger partial charge in [-0.05, 0) is 48.5 Å². The third-order valence-electron chi connectivity index (χ3n) is 6.71. The van der Waals surface area contributed by atoms with Gasteiger partial charge in [0.1, 0.15) is 18.2 Å². The maximum absolute atomic E-state index is 13.4. The lowest BCUT2D eigenvalue weighted by molar-refractivity contribution is -0.534. The molecule has 3 aromatic carbocycles. The number of amides is 1. The first-order chi connectivity index (χ1) is 16.3. The van der Waals surface area contributed by atoms with E-state index in [1.165, 1.54) is 12.1 Å². The van der Waals surface area contributed by atoms with Gasteiger partial charge in [0, 0.05) is 22.7 Å². The van der Waals surface area contributed by atoms with Crippen molar-refractivity contribution in [1.82, 2.24) is 4.90 Å². The monoisotopic (exact) mass is 481 g/mol. The topological polar surface area (TPSA) is 84.7 Å². The highest BCUT2D eigenvalue weighted by molar-refractivity contribution is 6.32. The molecule has 3 aromatic rings. The zero-order valence-corrected chi connectivity index (χ0v) is 19.0. The van der Waals surface area contributed by atoms with Crippen LogP contribution in [0.4, 0.5) is 10.1 Å². The van der Waals surface area contributed by atoms with Crippen LogP contribution in [0.15, 0.2) is 66.7 Å². The third-order valence-corrected chi connectivity index (χ3v) is 7.00. The van der Waals surface area contributed by atoms with Crippen molar-refractivity contribution < 1.29 is 18.8 Å². The molecule has 1 amide bonds. The van der Waals surface area contributed by atoms with Gasteiger partial charge in [0.15, 0.2) is 5.54 Å². The number of anilines is 1. The first kappa shape index (κ1) is 22.3. The fraction of sp³-hybridized carbons (Fsp3) is 0.240. The standard InChI is InChI=1S/C25H21ClFN3O4/c1-29-13-18(23(30(32)33)25(29)19-7-2-3-8-21(19)28-24(25)31)16-9-10-22(20(26)12-16)34-14-15-5-4-6-17(27)11-15/h2-12,18,23H,13-14H2,1H3,(H,28,31)/t18-,23-,25+/m1/s1. The summed E-state index contributed by atoms with van der Waals surface area (Å²) in [4.78, 5) is 27.0. The van der Waals surface area contributed by atoms with E-state index in [-0.39, 0.29) is 22.4 Å². The van der Waals surface area contributed by atoms with E-state index in [2.05, 4.69) is 5.32 Å². The molecule has 174 valence electrons. The van der Waals surface area contributed by atoms with E-state index in [4.69, 9.17) is 16.3 Å². The molecule has 0 saturated carbocycles. The van der Waals surface area contributed by atoms with E-state index in [9.17, 15) is 19.3 Å². The van der Waals surface area contributed by atoms with Crippen molar-refractivity contribution in [3.63, 3.8) is 0 Å². The fourth-order valence-electron chi connectivity index (χ4n) is 5.23. The summed E-state index contributed by atoms with van der Waals surface area (Å²) in [6.07, 6.45) is 0. The molecule has 0 bridgehead atoms. The first-order valence-electron chi connectivity index (χ1n) is 10.7. The van der Waals surface area contributed by atoms with Crippen LogP contribution in [-0.2, 0) is 16.9 Å². The van der Waals surface area contributed by atoms with E-state index in [1.807, 2.05) is 0 Å². The number of nitrogens with one attached hydrogen (secondary N) is 1. The number of nitro groups is 1. The molecule has 0 aromatic heterocycles. The van der Waals surface area contributed by atoms with Gasteiger partial charge in [-0.1, -0.05) is 48.0 Å². The summed E-state index contributed by atoms with van der Waals surface area (Å²) in [7, 11) is 1.73. The number of rotatable bonds is 5. The SMILES string of the molecule is CN1C[C@H](c2ccc(OCc3cccc(F)c3)c(Cl)c2)[C@@H]([N+](=O)[O-])[C@@]12C(=O)Nc1ccccc12. The summed E-state index contributed by atoms with van der Waals surface area (Å²) in [5.41, 5.74) is 1.08. The van der Waals surface area contributed by atoms with Crippen molar-refractivity contribution in [1.29, 1.82) is 0 Å². The van der Waals surface area contributed by atoms with E-state index in [1.54, 1.807) is 66.5 Å². The molecule has 0 aliphatic carbocycles. The number of benzene rings is 3. The lowest BCUT2D eigenvalue weighted by atomic mass is 9.79. The Kier molecular flexibility index (Phi) is 5.50. The van der Waals surface area contributed by atoms with Crippen molar-refractivity contribution in [3.05, 3.63) is 104 Å². The first-order valence-corrected chi connectivity index (χ1v) is 11.1. The molecule has 2 heterocycles. The Hall–Kier alpha value is -3.49. The second-order valence-corrected chi connectivity index (χ2v) is 9.00. The number of halogens is 2. The predicted octanol–water partition coefficient (Wildman–Crippen LogP) is 4.58. The van der Waals surface area contributed by atoms with Gasteiger partial charge in [0.2, 0.25) is 0 Å². The van der Waals surface area contributed by atoms with E-state index >= 15 is 0 Å². The molecule has 2 aliphatic rings. The van der Waals surface area contributed by atoms with E-state index < -0.39 is 23.4 Å². The van der Waals surface area contributed by atoms with E-state index in [0.29, 0.717) is 34.7 Å². The predicted molar refractivity (Wildman–Crippen MR) is 125 cm³/mol. The molecule has 9 heteroatoms. The normalized spacial score (nSPS) is 23.7. The molecular weight excluding hydrogens is 461 g/mol. The molecule has 5 rings (SSSR count). The van der Waals surface area contributed by atoms with Gasteiger partial charge in [-0.25, -0.2) is 4.39 Å². The van der Waals surface area contributed by atoms with Crippen LogP contribution in [0, 0.1) is 15.9 Å². The highest BCUT2D eigenvalue weighted by Crippen LogP contribution is 2.52. The van der Waals surface area contributed by atoms with Crippen LogP contribution in [0.5, 0.6) is 5.75 Å². The number of likely N-dealkylation sites (N-methyl/N-ethyl adjacent to an activating group) is 1. The van der Waals surface area contributed by atoms with E-state index in [0.717, 1.165) is 0 Å². The van der Waals surface area contributed by atoms with Gasteiger partial charge in [0.05, 0.1) is 10.9 Å². The van der Waals surface area contributed by atoms with Gasteiger partial charge < -0.3 is 10.1 Å². The quantitative estimate of drug-likeness (QED) is 0.426. The van der Waals surface area contributed by atoms with Crippen LogP contribution < -0.4 is 10.1 Å². The van der Waals surface area contributed by atoms with Crippen LogP contribution >= 0.6 is 11.6 Å². The van der Waals surface area contributed by atoms with Crippen molar-refractivity contribution >= 4 is 23.2 Å². The number of hydrogen-bond donors (Lipinski definition) is 1. The second-order valence-electron chi connectivity index (χ2n) is 8.59. The van der Waals surface area contributed by atoms with Crippen molar-refractivity contribution in [2.75, 3.05) is 18.9 Å². The van der Waals surface area contributed by atoms with Crippen LogP contribution in [0.2, 0.25) is 5.02 Å². The maximum Gasteiger partial charge on any atom is 0.256 e. The smallest absolute Gasteiger partial charge is 0.256 e. The van der Waals surface area contributed by atoms with Crippen molar-refractivity contribution in [3.8, 4) is 5.75 Å². The number of fused-ring (bicyclic) bond motifs is 2. The Labute approximate surface area is 200 Å². The highest BCUT2D eigenvalue weighted by Gasteiger charge is 2.68. The van der Waals surface area contributed by atoms with Gasteiger partial charge >= 0.3 is 0 Å². The van der Waals surface area contributed by atoms with Crippen LogP contribution in [0.3, 0.4) is 0 Å². The molecule has 34 heavy (non-hydrogen) atoms. The third kappa shape index (κ3) is 3.41. The Balaban J connectivity index is 1.46. The van der Waals surface area contributed by atoms with Gasteiger partial charge in [-0.15, -0.1) is 0 Å². The summed E-state index contributed by atoms with van der Waals surface area (Å²) in [6, 6.07) is 17.0. The van der Waals surface area contributed by atoms with Crippen molar-refractivity contribution in [2.24, 2.45) is 0 Å². The number of nitrogens with zero attached hydrogens (tertiary/aromatic N) is 2. The molecule has 1 saturated heterocycles. The molecule has 0 unspecified atom stereocenters. The summed E-state index contributed by atoms with van der Waals surface area (Å²) in [5.74, 6) is -0.948. The second kappa shape index (κ2) is 8.38. The van der Waals surface area contributed by atoms with Gasteiger partial charge in [0.25, 0.3) is 11.9 Å². The average Bonchev–Trinajstić information content (AvgIpc) is 3.28. The molecular formula is C25H21ClFN3O4. The largest absolute Gasteiger partial charge is 0.487 e. The molecule has 7 nitrogen and oxygen atoms in total. The Morgan fingerprint density at radius 2 is 2.00 bits per heavy atom. The number of carbonyl (C=O) groups excluding carboxylic acids is 1. The number of hydrogen-bond acceptors (Lipinski definition) is 5. The molecule has 3 atom stereocenters. The lowest BCUT2D eigenvalue weighted by Gasteiger charge is -2.30. The zero-order valence-electron chi connectivity index (χ0n) is 18.2. The maximum atomic E-state index is 13.4. The number of para-hydroxylation sites is 1. The molecule has 0 radical (unpaired) electrons. The Morgan fingerprint density at radius 1 is 1.21 bits per heavy atom. The highest BCUT2D eigenvalue weighted by atomic mass is 35.5. The van der Waals surface area contributed by atoms with Crippen LogP contribution in [-0.4, -0.2) is 35.4 Å². The number of ether oxygens (including phenoxy) is 1. The zero-order chi connectivity index (χ0) is 24.0. The van der Waals surface area contributed by atoms with Crippen LogP contribution in [0.1, 0.15) is 22.6 Å². The molecule has 1 spiro atoms. The van der Waals surface area contributed by atoms with Gasteiger partial charge in [-0.3, -0.25) is 19.8 Å². The number of likely N-dealkylation sites (tertiary alicyclic amines) is 1. The number of carbonyl (C=O) groups is 1. The Bertz CT molecular complexity index is 1300. The van der Waals surface area contributed by atoms with Crippen LogP contribution in [0.25, 0.3) is 0 Å². The summed E-state index contributed by atoms with van der Waals surface area (Å²) < 4.78 is 19.1. The summed E-state index contributed by atoms with van der Waals surface area (Å²) >= 11 is 6.47. The minimum atomic E-state index is -1.41. The van der Waals surface area contributed by atoms with Gasteiger partial charge in [-0.2, -0.15) is 0 Å². The van der Waals surface area contributed by atoms with Crippen molar-refractivity contribution in [2.45, 2.75) is 24.1 Å². The Morgan fingerprint density at radius 3 is 2.74 bits per heavy atom. The molecule has 2 aliphatic heterocycles. The lowest BCUT2D eigenvalue weighted by Crippen LogP contribution is -2.54. The molecule has 1 fully saturated rings. The minimum Gasteiger partial charge on any atom is -0.487 e. The average molecular weight is 482 g/mol. The summed E-state index contributed by atoms with van der Waals surface area (Å²) in [5, 5.41) is 15.5. The summed E-state index contributed by atoms with van der Waals surface area (Å²) in [6.45, 7) is 0.424. The molecule has 1 N–H and O–H groups in total.